The monoisotopic (exact) mass is 380 g/mol. The summed E-state index contributed by atoms with van der Waals surface area (Å²) in [6, 6.07) is 11.4. The molecule has 5 nitrogen and oxygen atoms in total. The summed E-state index contributed by atoms with van der Waals surface area (Å²) in [6.07, 6.45) is 0. The van der Waals surface area contributed by atoms with Gasteiger partial charge in [-0.1, -0.05) is 23.2 Å². The van der Waals surface area contributed by atoms with Gasteiger partial charge in [0.1, 0.15) is 5.75 Å². The van der Waals surface area contributed by atoms with Crippen molar-refractivity contribution in [3.63, 3.8) is 0 Å². The van der Waals surface area contributed by atoms with E-state index in [0.29, 0.717) is 27.0 Å². The molecule has 2 rings (SSSR count). The largest absolute Gasteiger partial charge is 0.482 e. The molecule has 2 amide bonds. The van der Waals surface area contributed by atoms with Gasteiger partial charge in [-0.3, -0.25) is 9.59 Å². The average molecular weight is 381 g/mol. The highest BCUT2D eigenvalue weighted by atomic mass is 35.5. The van der Waals surface area contributed by atoms with Crippen molar-refractivity contribution < 1.29 is 14.3 Å². The fourth-order valence-corrected chi connectivity index (χ4v) is 2.45. The number of amides is 2. The highest BCUT2D eigenvalue weighted by molar-refractivity contribution is 6.35. The topological polar surface area (TPSA) is 67.4 Å². The van der Waals surface area contributed by atoms with Gasteiger partial charge in [0.2, 0.25) is 0 Å². The summed E-state index contributed by atoms with van der Waals surface area (Å²) in [5.41, 5.74) is 1.09. The third-order valence-corrected chi connectivity index (χ3v) is 3.63. The van der Waals surface area contributed by atoms with Crippen molar-refractivity contribution in [1.29, 1.82) is 0 Å². The Morgan fingerprint density at radius 3 is 2.36 bits per heavy atom. The number of nitrogens with one attached hydrogen (secondary N) is 2. The van der Waals surface area contributed by atoms with Gasteiger partial charge in [0, 0.05) is 22.3 Å². The number of rotatable bonds is 6. The van der Waals surface area contributed by atoms with E-state index in [-0.39, 0.29) is 24.5 Å². The molecular weight excluding hydrogens is 363 g/mol. The molecule has 0 fully saturated rings. The lowest BCUT2D eigenvalue weighted by Gasteiger charge is -2.10. The van der Waals surface area contributed by atoms with Gasteiger partial charge in [-0.15, -0.1) is 0 Å². The van der Waals surface area contributed by atoms with Crippen molar-refractivity contribution in [3.05, 3.63) is 58.1 Å². The van der Waals surface area contributed by atoms with Gasteiger partial charge >= 0.3 is 0 Å². The molecule has 25 heavy (non-hydrogen) atoms. The van der Waals surface area contributed by atoms with Crippen LogP contribution in [0.3, 0.4) is 0 Å². The second-order valence-corrected chi connectivity index (χ2v) is 6.46. The number of hydrogen-bond donors (Lipinski definition) is 2. The van der Waals surface area contributed by atoms with Gasteiger partial charge in [-0.25, -0.2) is 0 Å². The molecule has 0 unspecified atom stereocenters. The Hall–Kier alpha value is -2.24. The SMILES string of the molecule is CC(C)NC(=O)c1ccc(NC(=O)COc2ccc(Cl)cc2Cl)cc1. The van der Waals surface area contributed by atoms with Crippen molar-refractivity contribution in [2.24, 2.45) is 0 Å². The van der Waals surface area contributed by atoms with Gasteiger partial charge in [-0.2, -0.15) is 0 Å². The van der Waals surface area contributed by atoms with Crippen LogP contribution in [0.4, 0.5) is 5.69 Å². The van der Waals surface area contributed by atoms with Crippen molar-refractivity contribution in [1.82, 2.24) is 5.32 Å². The normalized spacial score (nSPS) is 10.4. The number of carbonyl (C=O) groups is 2. The Morgan fingerprint density at radius 2 is 1.76 bits per heavy atom. The van der Waals surface area contributed by atoms with Crippen LogP contribution in [0.15, 0.2) is 42.5 Å². The molecule has 2 aromatic rings. The lowest BCUT2D eigenvalue weighted by atomic mass is 10.2. The van der Waals surface area contributed by atoms with Gasteiger partial charge < -0.3 is 15.4 Å². The Balaban J connectivity index is 1.89. The summed E-state index contributed by atoms with van der Waals surface area (Å²) in [4.78, 5) is 23.8. The molecule has 0 aliphatic carbocycles. The molecule has 0 aliphatic heterocycles. The molecule has 0 heterocycles. The van der Waals surface area contributed by atoms with Gasteiger partial charge in [-0.05, 0) is 56.3 Å². The van der Waals surface area contributed by atoms with Crippen LogP contribution < -0.4 is 15.4 Å². The summed E-state index contributed by atoms with van der Waals surface area (Å²) >= 11 is 11.8. The maximum Gasteiger partial charge on any atom is 0.262 e. The van der Waals surface area contributed by atoms with E-state index in [1.54, 1.807) is 36.4 Å². The van der Waals surface area contributed by atoms with Crippen LogP contribution >= 0.6 is 23.2 Å². The predicted octanol–water partition coefficient (Wildman–Crippen LogP) is 4.15. The van der Waals surface area contributed by atoms with Crippen LogP contribution in [-0.2, 0) is 4.79 Å². The maximum atomic E-state index is 11.9. The van der Waals surface area contributed by atoms with E-state index < -0.39 is 0 Å². The lowest BCUT2D eigenvalue weighted by molar-refractivity contribution is -0.118. The number of hydrogen-bond acceptors (Lipinski definition) is 3. The Kier molecular flexibility index (Phi) is 6.67. The third kappa shape index (κ3) is 5.96. The molecule has 0 spiro atoms. The maximum absolute atomic E-state index is 11.9. The first kappa shape index (κ1) is 19.1. The van der Waals surface area contributed by atoms with E-state index in [1.165, 1.54) is 6.07 Å². The first-order valence-electron chi connectivity index (χ1n) is 7.64. The molecule has 0 atom stereocenters. The first-order chi connectivity index (χ1) is 11.8. The first-order valence-corrected chi connectivity index (χ1v) is 8.39. The minimum atomic E-state index is -0.342. The minimum absolute atomic E-state index is 0.0590. The zero-order valence-electron chi connectivity index (χ0n) is 13.8. The highest BCUT2D eigenvalue weighted by Crippen LogP contribution is 2.27. The molecular formula is C18H18Cl2N2O3. The lowest BCUT2D eigenvalue weighted by Crippen LogP contribution is -2.30. The smallest absolute Gasteiger partial charge is 0.262 e. The summed E-state index contributed by atoms with van der Waals surface area (Å²) in [7, 11) is 0. The molecule has 132 valence electrons. The van der Waals surface area contributed by atoms with Crippen LogP contribution in [0, 0.1) is 0 Å². The molecule has 0 aromatic heterocycles. The van der Waals surface area contributed by atoms with E-state index in [2.05, 4.69) is 10.6 Å². The zero-order valence-corrected chi connectivity index (χ0v) is 15.3. The Labute approximate surface area is 156 Å². The van der Waals surface area contributed by atoms with Gasteiger partial charge in [0.15, 0.2) is 6.61 Å². The second kappa shape index (κ2) is 8.74. The molecule has 7 heteroatoms. The van der Waals surface area contributed by atoms with E-state index in [1.807, 2.05) is 13.8 Å². The Bertz CT molecular complexity index is 761. The number of halogens is 2. The number of anilines is 1. The van der Waals surface area contributed by atoms with Crippen molar-refractivity contribution >= 4 is 40.7 Å². The number of ether oxygens (including phenoxy) is 1. The quantitative estimate of drug-likeness (QED) is 0.790. The summed E-state index contributed by atoms with van der Waals surface area (Å²) in [5.74, 6) is -0.124. The molecule has 0 aliphatic rings. The van der Waals surface area contributed by atoms with Crippen molar-refractivity contribution in [2.45, 2.75) is 19.9 Å². The summed E-state index contributed by atoms with van der Waals surface area (Å²) in [6.45, 7) is 3.58. The Morgan fingerprint density at radius 1 is 1.08 bits per heavy atom. The van der Waals surface area contributed by atoms with Crippen LogP contribution in [0.25, 0.3) is 0 Å². The van der Waals surface area contributed by atoms with Crippen LogP contribution in [0.1, 0.15) is 24.2 Å². The van der Waals surface area contributed by atoms with Crippen molar-refractivity contribution in [3.8, 4) is 5.75 Å². The van der Waals surface area contributed by atoms with Crippen LogP contribution in [0.2, 0.25) is 10.0 Å². The molecule has 0 bridgehead atoms. The molecule has 0 saturated heterocycles. The number of carbonyl (C=O) groups excluding carboxylic acids is 2. The van der Waals surface area contributed by atoms with Crippen molar-refractivity contribution in [2.75, 3.05) is 11.9 Å². The third-order valence-electron chi connectivity index (χ3n) is 3.10. The second-order valence-electron chi connectivity index (χ2n) is 5.62. The zero-order chi connectivity index (χ0) is 18.4. The van der Waals surface area contributed by atoms with Crippen LogP contribution in [0.5, 0.6) is 5.75 Å². The molecule has 2 aromatic carbocycles. The standard InChI is InChI=1S/C18H18Cl2N2O3/c1-11(2)21-18(24)12-3-6-14(7-4-12)22-17(23)10-25-16-8-5-13(19)9-15(16)20/h3-9,11H,10H2,1-2H3,(H,21,24)(H,22,23). The fourth-order valence-electron chi connectivity index (χ4n) is 1.98. The average Bonchev–Trinajstić information content (AvgIpc) is 2.54. The summed E-state index contributed by atoms with van der Waals surface area (Å²) in [5, 5.41) is 6.31. The molecule has 2 N–H and O–H groups in total. The van der Waals surface area contributed by atoms with E-state index >= 15 is 0 Å². The minimum Gasteiger partial charge on any atom is -0.482 e. The van der Waals surface area contributed by atoms with E-state index in [4.69, 9.17) is 27.9 Å². The highest BCUT2D eigenvalue weighted by Gasteiger charge is 2.09. The summed E-state index contributed by atoms with van der Waals surface area (Å²) < 4.78 is 5.36. The van der Waals surface area contributed by atoms with Gasteiger partial charge in [0.05, 0.1) is 5.02 Å². The molecule has 0 saturated carbocycles. The predicted molar refractivity (Wildman–Crippen MR) is 99.6 cm³/mol. The molecule has 0 radical (unpaired) electrons. The van der Waals surface area contributed by atoms with E-state index in [9.17, 15) is 9.59 Å². The number of benzene rings is 2. The van der Waals surface area contributed by atoms with E-state index in [0.717, 1.165) is 0 Å². The van der Waals surface area contributed by atoms with Crippen LogP contribution in [-0.4, -0.2) is 24.5 Å². The van der Waals surface area contributed by atoms with Gasteiger partial charge in [0.25, 0.3) is 11.8 Å². The fraction of sp³-hybridized carbons (Fsp3) is 0.222.